The number of nitrogens with one attached hydrogen (secondary N) is 1. The molecule has 0 saturated heterocycles. The second-order valence-corrected chi connectivity index (χ2v) is 6.85. The van der Waals surface area contributed by atoms with Crippen LogP contribution in [-0.4, -0.2) is 34.9 Å². The van der Waals surface area contributed by atoms with Gasteiger partial charge in [0.2, 0.25) is 0 Å². The van der Waals surface area contributed by atoms with E-state index in [2.05, 4.69) is 33.2 Å². The first-order valence-electron chi connectivity index (χ1n) is 8.01. The van der Waals surface area contributed by atoms with Crippen LogP contribution in [0.1, 0.15) is 11.6 Å². The molecule has 0 bridgehead atoms. The summed E-state index contributed by atoms with van der Waals surface area (Å²) in [6, 6.07) is 8.04. The van der Waals surface area contributed by atoms with E-state index >= 15 is 0 Å². The molecule has 4 rings (SSSR count). The molecule has 6 nitrogen and oxygen atoms in total. The van der Waals surface area contributed by atoms with E-state index < -0.39 is 0 Å². The molecule has 7 heteroatoms. The van der Waals surface area contributed by atoms with Gasteiger partial charge in [0.05, 0.1) is 12.1 Å². The number of nitrogens with zero attached hydrogens (tertiary/aromatic N) is 3. The van der Waals surface area contributed by atoms with Crippen LogP contribution in [0, 0.1) is 0 Å². The van der Waals surface area contributed by atoms with E-state index in [-0.39, 0.29) is 6.04 Å². The Morgan fingerprint density at radius 2 is 2.21 bits per heavy atom. The summed E-state index contributed by atoms with van der Waals surface area (Å²) in [5.74, 6) is 0. The van der Waals surface area contributed by atoms with Crippen LogP contribution in [0.3, 0.4) is 0 Å². The molecule has 0 radical (unpaired) electrons. The van der Waals surface area contributed by atoms with E-state index in [1.807, 2.05) is 19.3 Å². The van der Waals surface area contributed by atoms with Gasteiger partial charge in [0.15, 0.2) is 0 Å². The summed E-state index contributed by atoms with van der Waals surface area (Å²) in [7, 11) is 1.95. The van der Waals surface area contributed by atoms with Crippen LogP contribution < -0.4 is 16.8 Å². The summed E-state index contributed by atoms with van der Waals surface area (Å²) in [6.45, 7) is 2.09. The molecule has 0 saturated carbocycles. The molecule has 124 valence electrons. The molecule has 1 aromatic carbocycles. The van der Waals surface area contributed by atoms with Crippen molar-refractivity contribution in [2.75, 3.05) is 20.1 Å². The van der Waals surface area contributed by atoms with Crippen molar-refractivity contribution in [2.24, 2.45) is 11.5 Å². The molecule has 1 atom stereocenters. The van der Waals surface area contributed by atoms with Gasteiger partial charge in [-0.15, -0.1) is 0 Å². The Labute approximate surface area is 144 Å². The molecule has 24 heavy (non-hydrogen) atoms. The molecule has 2 aromatic heterocycles. The number of rotatable bonds is 5. The van der Waals surface area contributed by atoms with Gasteiger partial charge in [-0.05, 0) is 30.8 Å². The predicted molar refractivity (Wildman–Crippen MR) is 97.0 cm³/mol. The van der Waals surface area contributed by atoms with Crippen LogP contribution >= 0.6 is 11.8 Å². The number of fused-ring (bicyclic) bond motifs is 2. The molecule has 0 fully saturated rings. The van der Waals surface area contributed by atoms with Gasteiger partial charge in [-0.1, -0.05) is 17.8 Å². The molecule has 3 aromatic rings. The van der Waals surface area contributed by atoms with E-state index in [9.17, 15) is 0 Å². The third-order valence-electron chi connectivity index (χ3n) is 4.35. The number of benzene rings is 1. The van der Waals surface area contributed by atoms with Gasteiger partial charge in [-0.3, -0.25) is 4.68 Å². The first-order valence-corrected chi connectivity index (χ1v) is 8.83. The molecular weight excluding hydrogens is 320 g/mol. The van der Waals surface area contributed by atoms with Crippen LogP contribution in [0.2, 0.25) is 0 Å². The van der Waals surface area contributed by atoms with Crippen molar-refractivity contribution in [1.29, 1.82) is 0 Å². The molecular formula is C17H20N6S. The fourth-order valence-electron chi connectivity index (χ4n) is 3.11. The Hall–Kier alpha value is -1.93. The van der Waals surface area contributed by atoms with E-state index in [0.717, 1.165) is 50.7 Å². The highest BCUT2D eigenvalue weighted by Gasteiger charge is 2.27. The normalized spacial score (nSPS) is 14.0. The fourth-order valence-corrected chi connectivity index (χ4v) is 4.33. The standard InChI is InChI=1S/C17H20N6S/c1-20-7-8-23-13-5-4-10(12(19)9-18)16-14(13)15(22-23)11-3-2-6-21-17(11)24-16/h2-6,12,20H,7-9,18-19H2,1H3. The van der Waals surface area contributed by atoms with Crippen molar-refractivity contribution in [1.82, 2.24) is 20.1 Å². The lowest BCUT2D eigenvalue weighted by atomic mass is 10.0. The minimum Gasteiger partial charge on any atom is -0.329 e. The number of nitrogens with two attached hydrogens (primary N) is 2. The maximum absolute atomic E-state index is 6.25. The van der Waals surface area contributed by atoms with Gasteiger partial charge < -0.3 is 16.8 Å². The van der Waals surface area contributed by atoms with Crippen molar-refractivity contribution >= 4 is 22.7 Å². The van der Waals surface area contributed by atoms with Gasteiger partial charge in [0.1, 0.15) is 10.7 Å². The second-order valence-electron chi connectivity index (χ2n) is 5.85. The molecule has 0 amide bonds. The quantitative estimate of drug-likeness (QED) is 0.512. The average Bonchev–Trinajstić information content (AvgIpc) is 3.00. The smallest absolute Gasteiger partial charge is 0.110 e. The second kappa shape index (κ2) is 6.18. The van der Waals surface area contributed by atoms with Gasteiger partial charge in [0.25, 0.3) is 0 Å². The molecule has 1 aliphatic rings. The molecule has 5 N–H and O–H groups in total. The first kappa shape index (κ1) is 15.6. The monoisotopic (exact) mass is 340 g/mol. The minimum absolute atomic E-state index is 0.185. The van der Waals surface area contributed by atoms with Crippen LogP contribution in [-0.2, 0) is 6.54 Å². The maximum atomic E-state index is 6.25. The zero-order chi connectivity index (χ0) is 16.7. The Morgan fingerprint density at radius 3 is 3.00 bits per heavy atom. The zero-order valence-corrected chi connectivity index (χ0v) is 14.3. The molecule has 3 heterocycles. The third kappa shape index (κ3) is 2.32. The van der Waals surface area contributed by atoms with Crippen LogP contribution in [0.4, 0.5) is 0 Å². The predicted octanol–water partition coefficient (Wildman–Crippen LogP) is 1.74. The van der Waals surface area contributed by atoms with Gasteiger partial charge >= 0.3 is 0 Å². The Morgan fingerprint density at radius 1 is 1.33 bits per heavy atom. The largest absolute Gasteiger partial charge is 0.329 e. The fraction of sp³-hybridized carbons (Fsp3) is 0.294. The number of aromatic nitrogens is 3. The molecule has 1 unspecified atom stereocenters. The van der Waals surface area contributed by atoms with Crippen molar-refractivity contribution in [3.05, 3.63) is 36.0 Å². The Kier molecular flexibility index (Phi) is 4.01. The number of pyridine rings is 1. The lowest BCUT2D eigenvalue weighted by molar-refractivity contribution is 0.602. The van der Waals surface area contributed by atoms with E-state index in [1.165, 1.54) is 0 Å². The van der Waals surface area contributed by atoms with Crippen LogP contribution in [0.25, 0.3) is 22.2 Å². The lowest BCUT2D eigenvalue weighted by Crippen LogP contribution is -2.21. The summed E-state index contributed by atoms with van der Waals surface area (Å²) in [4.78, 5) is 5.67. The summed E-state index contributed by atoms with van der Waals surface area (Å²) in [6.07, 6.45) is 1.82. The summed E-state index contributed by atoms with van der Waals surface area (Å²) in [5.41, 5.74) is 16.3. The summed E-state index contributed by atoms with van der Waals surface area (Å²) in [5, 5.41) is 10.2. The average molecular weight is 340 g/mol. The molecule has 1 aliphatic heterocycles. The summed E-state index contributed by atoms with van der Waals surface area (Å²) >= 11 is 1.67. The number of hydrogen-bond donors (Lipinski definition) is 3. The van der Waals surface area contributed by atoms with E-state index in [4.69, 9.17) is 16.6 Å². The zero-order valence-electron chi connectivity index (χ0n) is 13.5. The minimum atomic E-state index is -0.185. The number of likely N-dealkylation sites (N-methyl/N-ethyl adjacent to an activating group) is 1. The van der Waals surface area contributed by atoms with E-state index in [1.54, 1.807) is 11.8 Å². The highest BCUT2D eigenvalue weighted by atomic mass is 32.2. The number of hydrogen-bond acceptors (Lipinski definition) is 6. The third-order valence-corrected chi connectivity index (χ3v) is 5.52. The highest BCUT2D eigenvalue weighted by molar-refractivity contribution is 7.99. The van der Waals surface area contributed by atoms with Crippen molar-refractivity contribution in [3.8, 4) is 11.3 Å². The van der Waals surface area contributed by atoms with Gasteiger partial charge in [-0.25, -0.2) is 4.98 Å². The molecule has 0 spiro atoms. The topological polar surface area (TPSA) is 94.8 Å². The SMILES string of the molecule is CNCCn1nc2c3c(c(C(N)CN)ccc31)Sc1ncccc1-2. The van der Waals surface area contributed by atoms with Crippen LogP contribution in [0.5, 0.6) is 0 Å². The van der Waals surface area contributed by atoms with Crippen molar-refractivity contribution in [2.45, 2.75) is 22.5 Å². The first-order chi connectivity index (χ1) is 11.7. The highest BCUT2D eigenvalue weighted by Crippen LogP contribution is 2.48. The van der Waals surface area contributed by atoms with E-state index in [0.29, 0.717) is 6.54 Å². The maximum Gasteiger partial charge on any atom is 0.110 e. The van der Waals surface area contributed by atoms with Crippen molar-refractivity contribution in [3.63, 3.8) is 0 Å². The molecule has 0 aliphatic carbocycles. The lowest BCUT2D eigenvalue weighted by Gasteiger charge is -2.20. The Balaban J connectivity index is 2.00. The van der Waals surface area contributed by atoms with Gasteiger partial charge in [-0.2, -0.15) is 5.10 Å². The van der Waals surface area contributed by atoms with Crippen molar-refractivity contribution < 1.29 is 0 Å². The Bertz CT molecular complexity index is 903. The summed E-state index contributed by atoms with van der Waals surface area (Å²) < 4.78 is 2.06. The van der Waals surface area contributed by atoms with Gasteiger partial charge in [0, 0.05) is 41.2 Å². The van der Waals surface area contributed by atoms with Crippen LogP contribution in [0.15, 0.2) is 40.4 Å².